The molecule has 1 atom stereocenters. The molecule has 0 aromatic heterocycles. The predicted octanol–water partition coefficient (Wildman–Crippen LogP) is -3.33. The Morgan fingerprint density at radius 2 is 2.25 bits per heavy atom. The summed E-state index contributed by atoms with van der Waals surface area (Å²) >= 11 is 0. The summed E-state index contributed by atoms with van der Waals surface area (Å²) in [6, 6.07) is 0. The molecular formula is C8H14LiNO2. The smallest absolute Gasteiger partial charge is 0.550 e. The number of carbonyl (C=O) groups excluding carboxylic acids is 1. The maximum absolute atomic E-state index is 10.4. The van der Waals surface area contributed by atoms with Gasteiger partial charge in [-0.25, -0.2) is 0 Å². The van der Waals surface area contributed by atoms with Crippen LogP contribution in [0.3, 0.4) is 0 Å². The number of nitrogens with two attached hydrogens (primary N) is 1. The van der Waals surface area contributed by atoms with E-state index in [2.05, 4.69) is 6.58 Å². The summed E-state index contributed by atoms with van der Waals surface area (Å²) < 4.78 is 0. The Morgan fingerprint density at radius 3 is 2.58 bits per heavy atom. The van der Waals surface area contributed by atoms with Crippen LogP contribution in [0.4, 0.5) is 0 Å². The molecule has 64 valence electrons. The van der Waals surface area contributed by atoms with Crippen molar-refractivity contribution in [2.75, 3.05) is 6.54 Å². The zero-order chi connectivity index (χ0) is 8.69. The largest absolute Gasteiger partial charge is 1.00 e. The van der Waals surface area contributed by atoms with Gasteiger partial charge in [-0.15, -0.1) is 6.58 Å². The van der Waals surface area contributed by atoms with Crippen LogP contribution in [0.2, 0.25) is 0 Å². The number of carboxylic acids is 1. The van der Waals surface area contributed by atoms with Gasteiger partial charge in [-0.1, -0.05) is 6.08 Å². The van der Waals surface area contributed by atoms with Crippen LogP contribution in [0.1, 0.15) is 19.3 Å². The van der Waals surface area contributed by atoms with E-state index in [0.717, 1.165) is 6.42 Å². The average Bonchev–Trinajstić information content (AvgIpc) is 1.97. The van der Waals surface area contributed by atoms with Crippen LogP contribution in [0, 0.1) is 5.92 Å². The third kappa shape index (κ3) is 6.48. The number of hydrogen-bond acceptors (Lipinski definition) is 3. The van der Waals surface area contributed by atoms with Crippen LogP contribution < -0.4 is 29.7 Å². The van der Waals surface area contributed by atoms with Crippen LogP contribution in [-0.2, 0) is 4.79 Å². The first-order valence-electron chi connectivity index (χ1n) is 3.74. The molecule has 1 unspecified atom stereocenters. The number of aliphatic carboxylic acids is 1. The number of carbonyl (C=O) groups is 1. The molecule has 0 radical (unpaired) electrons. The van der Waals surface area contributed by atoms with Gasteiger partial charge in [0.1, 0.15) is 0 Å². The van der Waals surface area contributed by atoms with E-state index in [0.29, 0.717) is 19.4 Å². The fourth-order valence-corrected chi connectivity index (χ4v) is 0.897. The SMILES string of the molecule is C=CCC(CCCN)C(=O)[O-].[Li+]. The van der Waals surface area contributed by atoms with Crippen LogP contribution in [0.15, 0.2) is 12.7 Å². The zero-order valence-electron chi connectivity index (χ0n) is 7.58. The first-order chi connectivity index (χ1) is 5.22. The molecule has 0 heterocycles. The van der Waals surface area contributed by atoms with Gasteiger partial charge in [0.2, 0.25) is 0 Å². The monoisotopic (exact) mass is 163 g/mol. The second-order valence-corrected chi connectivity index (χ2v) is 2.47. The summed E-state index contributed by atoms with van der Waals surface area (Å²) in [5, 5.41) is 10.4. The molecule has 0 amide bonds. The number of rotatable bonds is 6. The van der Waals surface area contributed by atoms with Crippen molar-refractivity contribution in [3.63, 3.8) is 0 Å². The van der Waals surface area contributed by atoms with E-state index in [1.165, 1.54) is 0 Å². The van der Waals surface area contributed by atoms with Crippen LogP contribution in [0.5, 0.6) is 0 Å². The molecule has 4 heteroatoms. The van der Waals surface area contributed by atoms with Crippen molar-refractivity contribution in [1.29, 1.82) is 0 Å². The predicted molar refractivity (Wildman–Crippen MR) is 41.6 cm³/mol. The van der Waals surface area contributed by atoms with Crippen molar-refractivity contribution in [3.05, 3.63) is 12.7 Å². The standard InChI is InChI=1S/C8H15NO2.Li/c1-2-4-7(8(10)11)5-3-6-9;/h2,7H,1,3-6,9H2,(H,10,11);/q;+1/p-1. The summed E-state index contributed by atoms with van der Waals surface area (Å²) in [5.41, 5.74) is 5.23. The molecule has 0 saturated carbocycles. The molecule has 0 fully saturated rings. The summed E-state index contributed by atoms with van der Waals surface area (Å²) in [6.07, 6.45) is 3.39. The van der Waals surface area contributed by atoms with Gasteiger partial charge in [0.25, 0.3) is 0 Å². The van der Waals surface area contributed by atoms with Gasteiger partial charge in [0.05, 0.1) is 0 Å². The Bertz CT molecular complexity index is 139. The maximum Gasteiger partial charge on any atom is 1.00 e. The van der Waals surface area contributed by atoms with Gasteiger partial charge < -0.3 is 15.6 Å². The van der Waals surface area contributed by atoms with Crippen molar-refractivity contribution >= 4 is 5.97 Å². The van der Waals surface area contributed by atoms with Gasteiger partial charge in [-0.05, 0) is 25.8 Å². The minimum atomic E-state index is -1.00. The molecule has 12 heavy (non-hydrogen) atoms. The zero-order valence-corrected chi connectivity index (χ0v) is 7.58. The molecular weight excluding hydrogens is 149 g/mol. The molecule has 0 rings (SSSR count). The Labute approximate surface area is 85.2 Å². The molecule has 0 aliphatic carbocycles. The van der Waals surface area contributed by atoms with Gasteiger partial charge in [0.15, 0.2) is 0 Å². The van der Waals surface area contributed by atoms with Gasteiger partial charge in [-0.3, -0.25) is 0 Å². The minimum Gasteiger partial charge on any atom is -0.550 e. The Hall–Kier alpha value is -0.233. The van der Waals surface area contributed by atoms with E-state index in [4.69, 9.17) is 5.73 Å². The van der Waals surface area contributed by atoms with E-state index in [1.54, 1.807) is 6.08 Å². The number of carboxylic acid groups (broad SMARTS) is 1. The first-order valence-corrected chi connectivity index (χ1v) is 3.74. The molecule has 0 aromatic carbocycles. The van der Waals surface area contributed by atoms with Crippen molar-refractivity contribution in [3.8, 4) is 0 Å². The third-order valence-corrected chi connectivity index (χ3v) is 1.54. The van der Waals surface area contributed by atoms with E-state index < -0.39 is 11.9 Å². The van der Waals surface area contributed by atoms with E-state index in [-0.39, 0.29) is 18.9 Å². The summed E-state index contributed by atoms with van der Waals surface area (Å²) in [5.74, 6) is -1.41. The average molecular weight is 163 g/mol. The molecule has 0 aliphatic rings. The molecule has 0 aromatic rings. The van der Waals surface area contributed by atoms with Gasteiger partial charge >= 0.3 is 18.9 Å². The van der Waals surface area contributed by atoms with Crippen LogP contribution >= 0.6 is 0 Å². The van der Waals surface area contributed by atoms with Crippen molar-refractivity contribution in [1.82, 2.24) is 0 Å². The number of allylic oxidation sites excluding steroid dienone is 1. The van der Waals surface area contributed by atoms with Gasteiger partial charge in [0, 0.05) is 11.9 Å². The minimum absolute atomic E-state index is 0. The normalized spacial score (nSPS) is 11.4. The second kappa shape index (κ2) is 8.86. The van der Waals surface area contributed by atoms with E-state index in [9.17, 15) is 9.90 Å². The second-order valence-electron chi connectivity index (χ2n) is 2.47. The Kier molecular flexibility index (Phi) is 10.6. The van der Waals surface area contributed by atoms with Crippen molar-refractivity contribution in [2.45, 2.75) is 19.3 Å². The number of hydrogen-bond donors (Lipinski definition) is 1. The molecule has 2 N–H and O–H groups in total. The van der Waals surface area contributed by atoms with Gasteiger partial charge in [-0.2, -0.15) is 0 Å². The molecule has 0 bridgehead atoms. The van der Waals surface area contributed by atoms with Crippen LogP contribution in [-0.4, -0.2) is 12.5 Å². The molecule has 0 aliphatic heterocycles. The quantitative estimate of drug-likeness (QED) is 0.329. The summed E-state index contributed by atoms with van der Waals surface area (Å²) in [6.45, 7) is 4.00. The fourth-order valence-electron chi connectivity index (χ4n) is 0.897. The third-order valence-electron chi connectivity index (χ3n) is 1.54. The van der Waals surface area contributed by atoms with Crippen molar-refractivity contribution < 1.29 is 28.8 Å². The Morgan fingerprint density at radius 1 is 1.67 bits per heavy atom. The molecule has 0 spiro atoms. The van der Waals surface area contributed by atoms with E-state index >= 15 is 0 Å². The molecule has 0 saturated heterocycles. The first kappa shape index (κ1) is 14.3. The van der Waals surface area contributed by atoms with E-state index in [1.807, 2.05) is 0 Å². The topological polar surface area (TPSA) is 66.2 Å². The maximum atomic E-state index is 10.4. The Balaban J connectivity index is 0. The summed E-state index contributed by atoms with van der Waals surface area (Å²) in [4.78, 5) is 10.4. The fraction of sp³-hybridized carbons (Fsp3) is 0.625. The summed E-state index contributed by atoms with van der Waals surface area (Å²) in [7, 11) is 0. The van der Waals surface area contributed by atoms with Crippen LogP contribution in [0.25, 0.3) is 0 Å². The van der Waals surface area contributed by atoms with Crippen molar-refractivity contribution in [2.24, 2.45) is 11.7 Å². The molecule has 3 nitrogen and oxygen atoms in total.